The van der Waals surface area contributed by atoms with E-state index in [-0.39, 0.29) is 31.1 Å². The van der Waals surface area contributed by atoms with Gasteiger partial charge in [-0.3, -0.25) is 14.4 Å². The zero-order valence-electron chi connectivity index (χ0n) is 36.8. The van der Waals surface area contributed by atoms with Gasteiger partial charge in [-0.2, -0.15) is 0 Å². The topological polar surface area (TPSA) is 78.9 Å². The van der Waals surface area contributed by atoms with Crippen LogP contribution < -0.4 is 0 Å². The molecule has 0 N–H and O–H groups in total. The number of carbonyl (C=O) groups is 3. The molecule has 0 aromatic rings. The minimum absolute atomic E-state index is 0.0659. The Labute approximate surface area is 336 Å². The normalized spacial score (nSPS) is 12.6. The number of ether oxygens (including phenoxy) is 3. The van der Waals surface area contributed by atoms with Gasteiger partial charge < -0.3 is 14.2 Å². The van der Waals surface area contributed by atoms with E-state index in [1.807, 2.05) is 0 Å². The third kappa shape index (κ3) is 40.1. The lowest BCUT2D eigenvalue weighted by Crippen LogP contribution is -2.30. The zero-order valence-corrected chi connectivity index (χ0v) is 36.8. The van der Waals surface area contributed by atoms with Crippen LogP contribution in [0.2, 0.25) is 0 Å². The molecule has 6 nitrogen and oxygen atoms in total. The Bertz CT molecular complexity index is 826. The molecule has 0 aromatic carbocycles. The predicted molar refractivity (Wildman–Crippen MR) is 229 cm³/mol. The third-order valence-electron chi connectivity index (χ3n) is 11.1. The summed E-state index contributed by atoms with van der Waals surface area (Å²) in [4.78, 5) is 37.5. The summed E-state index contributed by atoms with van der Waals surface area (Å²) < 4.78 is 16.6. The summed E-state index contributed by atoms with van der Waals surface area (Å²) >= 11 is 0. The summed E-state index contributed by atoms with van der Waals surface area (Å²) in [5.41, 5.74) is 0. The Morgan fingerprint density at radius 1 is 0.389 bits per heavy atom. The lowest BCUT2D eigenvalue weighted by Gasteiger charge is -2.18. The van der Waals surface area contributed by atoms with Crippen molar-refractivity contribution in [2.75, 3.05) is 13.2 Å². The van der Waals surface area contributed by atoms with Crippen LogP contribution in [0.15, 0.2) is 0 Å². The fraction of sp³-hybridized carbons (Fsp3) is 0.938. The highest BCUT2D eigenvalue weighted by Crippen LogP contribution is 2.17. The van der Waals surface area contributed by atoms with Gasteiger partial charge in [0.2, 0.25) is 0 Å². The smallest absolute Gasteiger partial charge is 0.306 e. The van der Waals surface area contributed by atoms with Gasteiger partial charge in [-0.05, 0) is 31.1 Å². The van der Waals surface area contributed by atoms with E-state index in [4.69, 9.17) is 14.2 Å². The van der Waals surface area contributed by atoms with Crippen molar-refractivity contribution in [2.24, 2.45) is 11.8 Å². The molecule has 1 unspecified atom stereocenters. The average Bonchev–Trinajstić information content (AvgIpc) is 3.15. The molecule has 0 saturated carbocycles. The van der Waals surface area contributed by atoms with Gasteiger partial charge in [0, 0.05) is 19.3 Å². The number of esters is 3. The average molecular weight is 765 g/mol. The number of unbranched alkanes of at least 4 members (excludes halogenated alkanes) is 26. The highest BCUT2D eigenvalue weighted by Gasteiger charge is 2.19. The van der Waals surface area contributed by atoms with Gasteiger partial charge in [-0.15, -0.1) is 0 Å². The molecule has 0 spiro atoms. The second-order valence-corrected chi connectivity index (χ2v) is 17.1. The summed E-state index contributed by atoms with van der Waals surface area (Å²) in [5.74, 6) is 0.830. The van der Waals surface area contributed by atoms with Crippen LogP contribution >= 0.6 is 0 Å². The first kappa shape index (κ1) is 52.4. The van der Waals surface area contributed by atoms with E-state index in [1.54, 1.807) is 0 Å². The van der Waals surface area contributed by atoms with Crippen LogP contribution in [0.1, 0.15) is 259 Å². The second kappa shape index (κ2) is 41.1. The highest BCUT2D eigenvalue weighted by atomic mass is 16.6. The van der Waals surface area contributed by atoms with Crippen molar-refractivity contribution < 1.29 is 28.6 Å². The fourth-order valence-corrected chi connectivity index (χ4v) is 7.07. The number of hydrogen-bond donors (Lipinski definition) is 0. The molecule has 0 aliphatic carbocycles. The largest absolute Gasteiger partial charge is 0.462 e. The monoisotopic (exact) mass is 765 g/mol. The van der Waals surface area contributed by atoms with Gasteiger partial charge in [0.25, 0.3) is 0 Å². The van der Waals surface area contributed by atoms with Crippen molar-refractivity contribution in [3.05, 3.63) is 0 Å². The van der Waals surface area contributed by atoms with Gasteiger partial charge >= 0.3 is 17.9 Å². The summed E-state index contributed by atoms with van der Waals surface area (Å²) in [7, 11) is 0. The van der Waals surface area contributed by atoms with E-state index in [2.05, 4.69) is 34.6 Å². The Hall–Kier alpha value is -1.59. The van der Waals surface area contributed by atoms with E-state index in [9.17, 15) is 14.4 Å². The molecular formula is C48H92O6. The maximum atomic E-state index is 12.7. The Kier molecular flexibility index (Phi) is 39.8. The Morgan fingerprint density at radius 3 is 1.06 bits per heavy atom. The first-order chi connectivity index (χ1) is 26.3. The first-order valence-corrected chi connectivity index (χ1v) is 23.8. The van der Waals surface area contributed by atoms with Crippen LogP contribution in [-0.2, 0) is 28.6 Å². The lowest BCUT2D eigenvalue weighted by atomic mass is 9.99. The van der Waals surface area contributed by atoms with Crippen molar-refractivity contribution in [1.29, 1.82) is 0 Å². The molecule has 0 aliphatic heterocycles. The Balaban J connectivity index is 4.13. The molecule has 0 radical (unpaired) electrons. The van der Waals surface area contributed by atoms with Crippen LogP contribution in [-0.4, -0.2) is 37.2 Å². The number of carbonyl (C=O) groups excluding carboxylic acids is 3. The number of rotatable bonds is 42. The summed E-state index contributed by atoms with van der Waals surface area (Å²) in [5, 5.41) is 0. The van der Waals surface area contributed by atoms with Crippen molar-refractivity contribution in [3.8, 4) is 0 Å². The standard InChI is InChI=1S/C48H92O6/c1-6-8-9-26-33-38-46(49)52-41-45(42-53-47(50)39-34-29-24-21-20-23-28-32-37-44(5)7-2)54-48(51)40-35-30-25-19-17-15-13-11-10-12-14-16-18-22-27-31-36-43(3)4/h43-45H,6-42H2,1-5H3/t44?,45-/m1/s1. The quantitative estimate of drug-likeness (QED) is 0.0350. The molecule has 0 heterocycles. The third-order valence-corrected chi connectivity index (χ3v) is 11.1. The van der Waals surface area contributed by atoms with Crippen LogP contribution in [0.25, 0.3) is 0 Å². The zero-order chi connectivity index (χ0) is 39.7. The highest BCUT2D eigenvalue weighted by molar-refractivity contribution is 5.71. The van der Waals surface area contributed by atoms with Crippen LogP contribution in [0.4, 0.5) is 0 Å². The lowest BCUT2D eigenvalue weighted by molar-refractivity contribution is -0.167. The van der Waals surface area contributed by atoms with Crippen LogP contribution in [0.5, 0.6) is 0 Å². The molecule has 320 valence electrons. The van der Waals surface area contributed by atoms with E-state index < -0.39 is 6.10 Å². The van der Waals surface area contributed by atoms with Gasteiger partial charge in [-0.1, -0.05) is 221 Å². The fourth-order valence-electron chi connectivity index (χ4n) is 7.07. The molecule has 2 atom stereocenters. The molecule has 0 aromatic heterocycles. The Morgan fingerprint density at radius 2 is 0.704 bits per heavy atom. The first-order valence-electron chi connectivity index (χ1n) is 23.8. The maximum absolute atomic E-state index is 12.7. The maximum Gasteiger partial charge on any atom is 0.306 e. The van der Waals surface area contributed by atoms with E-state index in [0.29, 0.717) is 19.3 Å². The minimum atomic E-state index is -0.759. The van der Waals surface area contributed by atoms with Gasteiger partial charge in [-0.25, -0.2) is 0 Å². The second-order valence-electron chi connectivity index (χ2n) is 17.1. The minimum Gasteiger partial charge on any atom is -0.462 e. The molecule has 0 saturated heterocycles. The van der Waals surface area contributed by atoms with E-state index in [1.165, 1.54) is 141 Å². The van der Waals surface area contributed by atoms with Gasteiger partial charge in [0.05, 0.1) is 0 Å². The van der Waals surface area contributed by atoms with Gasteiger partial charge in [0.1, 0.15) is 13.2 Å². The van der Waals surface area contributed by atoms with Crippen molar-refractivity contribution >= 4 is 17.9 Å². The SMILES string of the molecule is CCCCCCCC(=O)OC[C@H](COC(=O)CCCCCCCCCCC(C)CC)OC(=O)CCCCCCCCCCCCCCCCCCC(C)C. The molecule has 0 bridgehead atoms. The molecule has 0 aliphatic rings. The summed E-state index contributed by atoms with van der Waals surface area (Å²) in [6.07, 6.45) is 39.7. The van der Waals surface area contributed by atoms with Crippen molar-refractivity contribution in [2.45, 2.75) is 265 Å². The molecule has 0 fully saturated rings. The number of hydrogen-bond acceptors (Lipinski definition) is 6. The van der Waals surface area contributed by atoms with Gasteiger partial charge in [0.15, 0.2) is 6.10 Å². The molecule has 0 rings (SSSR count). The van der Waals surface area contributed by atoms with Crippen LogP contribution in [0, 0.1) is 11.8 Å². The van der Waals surface area contributed by atoms with E-state index >= 15 is 0 Å². The summed E-state index contributed by atoms with van der Waals surface area (Å²) in [6, 6.07) is 0. The molecule has 6 heteroatoms. The van der Waals surface area contributed by atoms with Crippen molar-refractivity contribution in [1.82, 2.24) is 0 Å². The molecule has 54 heavy (non-hydrogen) atoms. The van der Waals surface area contributed by atoms with E-state index in [0.717, 1.165) is 76.0 Å². The van der Waals surface area contributed by atoms with Crippen molar-refractivity contribution in [3.63, 3.8) is 0 Å². The summed E-state index contributed by atoms with van der Waals surface area (Å²) in [6.45, 7) is 11.3. The molecule has 0 amide bonds. The molecular weight excluding hydrogens is 673 g/mol. The predicted octanol–water partition coefficient (Wildman–Crippen LogP) is 15.0. The van der Waals surface area contributed by atoms with Crippen LogP contribution in [0.3, 0.4) is 0 Å².